The lowest BCUT2D eigenvalue weighted by Crippen LogP contribution is -2.21. The predicted octanol–water partition coefficient (Wildman–Crippen LogP) is 2.22. The van der Waals surface area contributed by atoms with Gasteiger partial charge in [-0.3, -0.25) is 9.78 Å². The first-order chi connectivity index (χ1) is 13.3. The number of benzene rings is 1. The summed E-state index contributed by atoms with van der Waals surface area (Å²) in [6, 6.07) is 7.88. The fourth-order valence-corrected chi connectivity index (χ4v) is 4.05. The van der Waals surface area contributed by atoms with Crippen molar-refractivity contribution in [3.05, 3.63) is 64.5 Å². The number of ether oxygens (including phenoxy) is 1. The van der Waals surface area contributed by atoms with Gasteiger partial charge in [0.15, 0.2) is 4.90 Å². The minimum atomic E-state index is -4.26. The van der Waals surface area contributed by atoms with E-state index in [1.807, 2.05) is 13.0 Å². The Balaban J connectivity index is 2.00. The molecule has 2 aromatic heterocycles. The van der Waals surface area contributed by atoms with Crippen LogP contribution >= 0.6 is 0 Å². The van der Waals surface area contributed by atoms with Gasteiger partial charge in [0.2, 0.25) is 15.7 Å². The quantitative estimate of drug-likeness (QED) is 0.649. The third-order valence-electron chi connectivity index (χ3n) is 4.12. The zero-order valence-corrected chi connectivity index (χ0v) is 16.2. The molecular weight excluding hydrogens is 382 g/mol. The van der Waals surface area contributed by atoms with E-state index in [0.29, 0.717) is 6.61 Å². The molecule has 2 heterocycles. The summed E-state index contributed by atoms with van der Waals surface area (Å²) in [5.41, 5.74) is 1.72. The number of nitrogens with one attached hydrogen (secondary N) is 1. The second-order valence-electron chi connectivity index (χ2n) is 6.02. The number of rotatable bonds is 6. The Morgan fingerprint density at radius 1 is 1.18 bits per heavy atom. The number of hydrogen-bond acceptors (Lipinski definition) is 7. The van der Waals surface area contributed by atoms with E-state index in [-0.39, 0.29) is 17.3 Å². The zero-order chi connectivity index (χ0) is 20.3. The number of nitrogens with zero attached hydrogens (tertiary/aromatic N) is 2. The largest absolute Gasteiger partial charge is 0.492 e. The normalized spacial score (nSPS) is 11.5. The van der Waals surface area contributed by atoms with Crippen molar-refractivity contribution >= 4 is 9.84 Å². The monoisotopic (exact) mass is 401 g/mol. The lowest BCUT2D eigenvalue weighted by atomic mass is 10.0. The molecule has 8 nitrogen and oxygen atoms in total. The Kier molecular flexibility index (Phi) is 5.57. The van der Waals surface area contributed by atoms with E-state index < -0.39 is 26.2 Å². The Labute approximate surface area is 161 Å². The van der Waals surface area contributed by atoms with E-state index in [1.165, 1.54) is 12.1 Å². The summed E-state index contributed by atoms with van der Waals surface area (Å²) in [5.74, 6) is -0.806. The van der Waals surface area contributed by atoms with E-state index >= 15 is 0 Å². The summed E-state index contributed by atoms with van der Waals surface area (Å²) >= 11 is 0. The molecular formula is C19H19N3O5S. The standard InChI is InChI=1S/C19H19N3O5S/c1-3-27-11-16-21-18(23)17(19(24)22-16)28(25,26)14-6-4-13(5-7-14)15-8-9-20-10-12(15)2/h4-10H,3,11H2,1-2H3,(H2,21,22,23,24). The molecule has 0 atom stereocenters. The molecule has 28 heavy (non-hydrogen) atoms. The van der Waals surface area contributed by atoms with Gasteiger partial charge < -0.3 is 14.8 Å². The first-order valence-electron chi connectivity index (χ1n) is 8.50. The van der Waals surface area contributed by atoms with E-state index in [0.717, 1.165) is 16.7 Å². The summed E-state index contributed by atoms with van der Waals surface area (Å²) in [5, 5.41) is 10.1. The van der Waals surface area contributed by atoms with Crippen LogP contribution in [0.15, 0.2) is 57.3 Å². The molecule has 0 fully saturated rings. The first-order valence-corrected chi connectivity index (χ1v) is 9.99. The molecule has 3 aromatic rings. The lowest BCUT2D eigenvalue weighted by molar-refractivity contribution is 0.127. The van der Waals surface area contributed by atoms with Crippen molar-refractivity contribution in [2.24, 2.45) is 0 Å². The Bertz CT molecular complexity index is 1150. The van der Waals surface area contributed by atoms with Crippen LogP contribution in [0.2, 0.25) is 0 Å². The maximum atomic E-state index is 12.9. The summed E-state index contributed by atoms with van der Waals surface area (Å²) < 4.78 is 30.8. The van der Waals surface area contributed by atoms with Crippen LogP contribution in [0.4, 0.5) is 0 Å². The SMILES string of the molecule is CCOCc1nc(O)c(S(=O)(=O)c2ccc(-c3ccncc3C)cc2)c(=O)[nH]1. The van der Waals surface area contributed by atoms with Crippen LogP contribution in [0.5, 0.6) is 5.88 Å². The number of H-pyrrole nitrogens is 1. The molecule has 0 radical (unpaired) electrons. The van der Waals surface area contributed by atoms with Crippen molar-refractivity contribution in [2.75, 3.05) is 6.61 Å². The van der Waals surface area contributed by atoms with Crippen LogP contribution in [0.1, 0.15) is 18.3 Å². The van der Waals surface area contributed by atoms with Gasteiger partial charge in [-0.1, -0.05) is 12.1 Å². The van der Waals surface area contributed by atoms with Gasteiger partial charge in [0, 0.05) is 19.0 Å². The highest BCUT2D eigenvalue weighted by Gasteiger charge is 2.27. The van der Waals surface area contributed by atoms with Crippen LogP contribution in [0, 0.1) is 6.92 Å². The average Bonchev–Trinajstić information content (AvgIpc) is 2.66. The van der Waals surface area contributed by atoms with Gasteiger partial charge in [0.1, 0.15) is 12.4 Å². The van der Waals surface area contributed by atoms with Crippen LogP contribution < -0.4 is 5.56 Å². The number of aromatic hydroxyl groups is 1. The Morgan fingerprint density at radius 3 is 2.50 bits per heavy atom. The molecule has 0 amide bonds. The van der Waals surface area contributed by atoms with Crippen LogP contribution in [-0.4, -0.2) is 35.1 Å². The van der Waals surface area contributed by atoms with Crippen LogP contribution in [0.25, 0.3) is 11.1 Å². The number of pyridine rings is 1. The third kappa shape index (κ3) is 3.80. The molecule has 146 valence electrons. The highest BCUT2D eigenvalue weighted by Crippen LogP contribution is 2.27. The van der Waals surface area contributed by atoms with Gasteiger partial charge in [-0.2, -0.15) is 4.98 Å². The van der Waals surface area contributed by atoms with Crippen molar-refractivity contribution in [3.63, 3.8) is 0 Å². The van der Waals surface area contributed by atoms with Crippen molar-refractivity contribution < 1.29 is 18.3 Å². The fourth-order valence-electron chi connectivity index (χ4n) is 2.73. The average molecular weight is 401 g/mol. The molecule has 0 bridgehead atoms. The summed E-state index contributed by atoms with van der Waals surface area (Å²) in [4.78, 5) is 21.5. The van der Waals surface area contributed by atoms with Gasteiger partial charge in [-0.05, 0) is 48.7 Å². The first kappa shape index (κ1) is 19.7. The molecule has 0 spiro atoms. The van der Waals surface area contributed by atoms with Gasteiger partial charge >= 0.3 is 0 Å². The number of aromatic amines is 1. The highest BCUT2D eigenvalue weighted by atomic mass is 32.2. The predicted molar refractivity (Wildman–Crippen MR) is 102 cm³/mol. The van der Waals surface area contributed by atoms with Crippen molar-refractivity contribution in [2.45, 2.75) is 30.2 Å². The molecule has 9 heteroatoms. The topological polar surface area (TPSA) is 122 Å². The molecule has 0 saturated carbocycles. The fraction of sp³-hybridized carbons (Fsp3) is 0.211. The smallest absolute Gasteiger partial charge is 0.274 e. The highest BCUT2D eigenvalue weighted by molar-refractivity contribution is 7.91. The lowest BCUT2D eigenvalue weighted by Gasteiger charge is -2.09. The van der Waals surface area contributed by atoms with Gasteiger partial charge in [0.25, 0.3) is 5.56 Å². The molecule has 0 unspecified atom stereocenters. The zero-order valence-electron chi connectivity index (χ0n) is 15.3. The van der Waals surface area contributed by atoms with E-state index in [9.17, 15) is 18.3 Å². The third-order valence-corrected chi connectivity index (χ3v) is 5.91. The van der Waals surface area contributed by atoms with E-state index in [2.05, 4.69) is 15.0 Å². The molecule has 3 rings (SSSR count). The minimum Gasteiger partial charge on any atom is -0.492 e. The molecule has 0 aliphatic heterocycles. The molecule has 0 aliphatic rings. The maximum Gasteiger partial charge on any atom is 0.274 e. The second kappa shape index (κ2) is 7.91. The molecule has 0 aliphatic carbocycles. The van der Waals surface area contributed by atoms with E-state index in [1.54, 1.807) is 31.5 Å². The summed E-state index contributed by atoms with van der Waals surface area (Å²) in [6.07, 6.45) is 3.37. The van der Waals surface area contributed by atoms with E-state index in [4.69, 9.17) is 4.74 Å². The van der Waals surface area contributed by atoms with Crippen molar-refractivity contribution in [3.8, 4) is 17.0 Å². The maximum absolute atomic E-state index is 12.9. The van der Waals surface area contributed by atoms with Crippen molar-refractivity contribution in [1.82, 2.24) is 15.0 Å². The Morgan fingerprint density at radius 2 is 1.89 bits per heavy atom. The van der Waals surface area contributed by atoms with Crippen LogP contribution in [-0.2, 0) is 21.2 Å². The number of hydrogen-bond donors (Lipinski definition) is 2. The second-order valence-corrected chi connectivity index (χ2v) is 7.91. The Hall–Kier alpha value is -3.04. The van der Waals surface area contributed by atoms with Gasteiger partial charge in [-0.25, -0.2) is 8.42 Å². The van der Waals surface area contributed by atoms with Crippen molar-refractivity contribution in [1.29, 1.82) is 0 Å². The minimum absolute atomic E-state index is 0.0421. The molecule has 0 saturated heterocycles. The van der Waals surface area contributed by atoms with Gasteiger partial charge in [-0.15, -0.1) is 0 Å². The number of sulfone groups is 1. The van der Waals surface area contributed by atoms with Gasteiger partial charge in [0.05, 0.1) is 4.90 Å². The summed E-state index contributed by atoms with van der Waals surface area (Å²) in [7, 11) is -4.26. The van der Waals surface area contributed by atoms with Crippen LogP contribution in [0.3, 0.4) is 0 Å². The molecule has 2 N–H and O–H groups in total. The molecule has 1 aromatic carbocycles. The summed E-state index contributed by atoms with van der Waals surface area (Å²) in [6.45, 7) is 4.00. The number of aryl methyl sites for hydroxylation is 1. The number of aromatic nitrogens is 3.